The molecular formula is C40H56O3. The Morgan fingerprint density at radius 2 is 1.23 bits per heavy atom. The highest BCUT2D eigenvalue weighted by Crippen LogP contribution is 2.66. The third-order valence-corrected chi connectivity index (χ3v) is 9.43. The van der Waals surface area contributed by atoms with Crippen molar-refractivity contribution in [2.75, 3.05) is 0 Å². The van der Waals surface area contributed by atoms with Crippen molar-refractivity contribution in [2.24, 2.45) is 16.7 Å². The van der Waals surface area contributed by atoms with Crippen LogP contribution in [0.3, 0.4) is 0 Å². The highest BCUT2D eigenvalue weighted by molar-refractivity contribution is 5.37. The molecule has 3 rings (SSSR count). The molecule has 0 aromatic carbocycles. The Hall–Kier alpha value is -2.72. The summed E-state index contributed by atoms with van der Waals surface area (Å²) in [6.45, 7) is 21.5. The van der Waals surface area contributed by atoms with E-state index in [0.717, 1.165) is 12.8 Å². The molecule has 0 aromatic rings. The Labute approximate surface area is 262 Å². The van der Waals surface area contributed by atoms with Gasteiger partial charge in [0, 0.05) is 17.8 Å². The molecule has 0 bridgehead atoms. The molecule has 2 unspecified atom stereocenters. The largest absolute Gasteiger partial charge is 0.393 e. The maximum absolute atomic E-state index is 10.2. The van der Waals surface area contributed by atoms with Gasteiger partial charge in [-0.15, -0.1) is 0 Å². The molecule has 43 heavy (non-hydrogen) atoms. The first kappa shape index (κ1) is 34.8. The second-order valence-electron chi connectivity index (χ2n) is 14.6. The van der Waals surface area contributed by atoms with Gasteiger partial charge in [0.15, 0.2) is 0 Å². The van der Waals surface area contributed by atoms with Crippen LogP contribution in [0.4, 0.5) is 0 Å². The maximum Gasteiger partial charge on any atom is 0.121 e. The zero-order valence-corrected chi connectivity index (χ0v) is 28.3. The van der Waals surface area contributed by atoms with Crippen molar-refractivity contribution in [2.45, 2.75) is 112 Å². The van der Waals surface area contributed by atoms with E-state index in [-0.39, 0.29) is 34.2 Å². The van der Waals surface area contributed by atoms with Crippen molar-refractivity contribution in [1.82, 2.24) is 0 Å². The first-order valence-electron chi connectivity index (χ1n) is 15.8. The van der Waals surface area contributed by atoms with E-state index in [1.807, 2.05) is 6.08 Å². The first-order valence-corrected chi connectivity index (χ1v) is 15.8. The van der Waals surface area contributed by atoms with Gasteiger partial charge >= 0.3 is 0 Å². The lowest BCUT2D eigenvalue weighted by Gasteiger charge is -2.39. The fourth-order valence-corrected chi connectivity index (χ4v) is 7.07. The number of hydrogen-bond donors (Lipinski definition) is 2. The molecule has 3 nitrogen and oxygen atoms in total. The van der Waals surface area contributed by atoms with E-state index in [2.05, 4.69) is 154 Å². The fourth-order valence-electron chi connectivity index (χ4n) is 7.07. The van der Waals surface area contributed by atoms with E-state index in [1.54, 1.807) is 0 Å². The molecule has 1 saturated heterocycles. The minimum atomic E-state index is -0.333. The fraction of sp³-hybridized carbons (Fsp3) is 0.500. The second-order valence-corrected chi connectivity index (χ2v) is 14.6. The van der Waals surface area contributed by atoms with Crippen molar-refractivity contribution >= 4 is 0 Å². The second kappa shape index (κ2) is 13.9. The van der Waals surface area contributed by atoms with Crippen LogP contribution in [-0.2, 0) is 4.74 Å². The van der Waals surface area contributed by atoms with Gasteiger partial charge in [-0.1, -0.05) is 141 Å². The minimum absolute atomic E-state index is 0.0547. The van der Waals surface area contributed by atoms with E-state index >= 15 is 0 Å². The molecule has 3 aliphatic rings. The van der Waals surface area contributed by atoms with Gasteiger partial charge < -0.3 is 14.9 Å². The topological polar surface area (TPSA) is 53.0 Å². The summed E-state index contributed by atoms with van der Waals surface area (Å²) in [6, 6.07) is 0. The van der Waals surface area contributed by atoms with Gasteiger partial charge in [0.1, 0.15) is 11.2 Å². The van der Waals surface area contributed by atoms with Crippen molar-refractivity contribution in [3.63, 3.8) is 0 Å². The van der Waals surface area contributed by atoms with Crippen LogP contribution in [0, 0.1) is 16.7 Å². The number of rotatable bonds is 10. The summed E-state index contributed by atoms with van der Waals surface area (Å²) in [7, 11) is 0. The maximum atomic E-state index is 10.2. The Bertz CT molecular complexity index is 1320. The molecule has 234 valence electrons. The normalized spacial score (nSPS) is 33.8. The first-order chi connectivity index (χ1) is 20.0. The minimum Gasteiger partial charge on any atom is -0.393 e. The molecule has 1 saturated carbocycles. The van der Waals surface area contributed by atoms with Gasteiger partial charge in [-0.2, -0.15) is 0 Å². The number of epoxide rings is 1. The Kier molecular flexibility index (Phi) is 11.3. The molecule has 0 radical (unpaired) electrons. The molecule has 1 heterocycles. The molecule has 3 heteroatoms. The average molecular weight is 585 g/mol. The molecule has 1 aliphatic heterocycles. The van der Waals surface area contributed by atoms with Gasteiger partial charge in [-0.3, -0.25) is 0 Å². The number of allylic oxidation sites excluding steroid dienone is 18. The van der Waals surface area contributed by atoms with Gasteiger partial charge in [-0.25, -0.2) is 0 Å². The van der Waals surface area contributed by atoms with E-state index in [1.165, 1.54) is 27.9 Å². The van der Waals surface area contributed by atoms with Crippen LogP contribution in [0.2, 0.25) is 0 Å². The lowest BCUT2D eigenvalue weighted by atomic mass is 9.63. The van der Waals surface area contributed by atoms with Crippen LogP contribution in [-0.4, -0.2) is 33.6 Å². The van der Waals surface area contributed by atoms with Crippen LogP contribution < -0.4 is 0 Å². The van der Waals surface area contributed by atoms with Gasteiger partial charge in [0.25, 0.3) is 0 Å². The van der Waals surface area contributed by atoms with Gasteiger partial charge in [0.05, 0.1) is 12.2 Å². The summed E-state index contributed by atoms with van der Waals surface area (Å²) in [5, 5.41) is 20.3. The highest BCUT2D eigenvalue weighted by Gasteiger charge is 2.74. The molecule has 0 aromatic heterocycles. The Balaban J connectivity index is 1.49. The third kappa shape index (κ3) is 8.91. The molecule has 0 amide bonds. The van der Waals surface area contributed by atoms with E-state index in [0.29, 0.717) is 12.3 Å². The van der Waals surface area contributed by atoms with Crippen LogP contribution >= 0.6 is 0 Å². The molecule has 5 atom stereocenters. The van der Waals surface area contributed by atoms with Gasteiger partial charge in [0.2, 0.25) is 0 Å². The van der Waals surface area contributed by atoms with E-state index < -0.39 is 0 Å². The standard InChI is InChI=1S/C40H56O3/c1-29(17-13-19-31(3)21-22-36-33(5)25-34(41)26-37(36,6)7)15-11-12-16-30(2)18-14-20-32(4)23-24-40-38(8,9)27-35(42)28-39(40,10)43-40/h11-25,34-36,41-42H,26-28H2,1-10H3/b12-11+,17-13+,18-14+,22-21+,24-23+,29-15+,30-16-,31-19+,32-20-/t34-,35+,36-,39?,40?/m0/s1. The summed E-state index contributed by atoms with van der Waals surface area (Å²) < 4.78 is 6.25. The summed E-state index contributed by atoms with van der Waals surface area (Å²) in [5.74, 6) is 0.345. The quantitative estimate of drug-likeness (QED) is 0.153. The Morgan fingerprint density at radius 1 is 0.721 bits per heavy atom. The van der Waals surface area contributed by atoms with Crippen LogP contribution in [0.1, 0.15) is 88.5 Å². The monoisotopic (exact) mass is 584 g/mol. The highest BCUT2D eigenvalue weighted by atomic mass is 16.6. The average Bonchev–Trinajstić information content (AvgIpc) is 3.49. The van der Waals surface area contributed by atoms with E-state index in [9.17, 15) is 10.2 Å². The molecule has 2 N–H and O–H groups in total. The Morgan fingerprint density at radius 3 is 1.77 bits per heavy atom. The van der Waals surface area contributed by atoms with Crippen molar-refractivity contribution in [1.29, 1.82) is 0 Å². The lowest BCUT2D eigenvalue weighted by Crippen LogP contribution is -2.46. The molecular weight excluding hydrogens is 528 g/mol. The zero-order chi connectivity index (χ0) is 32.1. The number of aliphatic hydroxyl groups excluding tert-OH is 2. The zero-order valence-electron chi connectivity index (χ0n) is 28.3. The van der Waals surface area contributed by atoms with Crippen LogP contribution in [0.15, 0.2) is 119 Å². The predicted molar refractivity (Wildman–Crippen MR) is 184 cm³/mol. The lowest BCUT2D eigenvalue weighted by molar-refractivity contribution is 0.0515. The van der Waals surface area contributed by atoms with Crippen molar-refractivity contribution in [3.05, 3.63) is 119 Å². The van der Waals surface area contributed by atoms with Gasteiger partial charge in [-0.05, 0) is 65.9 Å². The summed E-state index contributed by atoms with van der Waals surface area (Å²) in [6.07, 6.45) is 33.5. The summed E-state index contributed by atoms with van der Waals surface area (Å²) in [4.78, 5) is 0. The van der Waals surface area contributed by atoms with E-state index in [4.69, 9.17) is 4.74 Å². The molecule has 2 aliphatic carbocycles. The number of aliphatic hydroxyl groups is 2. The van der Waals surface area contributed by atoms with Crippen LogP contribution in [0.5, 0.6) is 0 Å². The smallest absolute Gasteiger partial charge is 0.121 e. The number of ether oxygens (including phenoxy) is 1. The van der Waals surface area contributed by atoms with Crippen LogP contribution in [0.25, 0.3) is 0 Å². The predicted octanol–water partition coefficient (Wildman–Crippen LogP) is 9.61. The third-order valence-electron chi connectivity index (χ3n) is 9.43. The number of hydrogen-bond acceptors (Lipinski definition) is 3. The van der Waals surface area contributed by atoms with Crippen molar-refractivity contribution in [3.8, 4) is 0 Å². The number of fused-ring (bicyclic) bond motifs is 1. The molecule has 0 spiro atoms. The summed E-state index contributed by atoms with van der Waals surface area (Å²) in [5.41, 5.74) is 5.38. The van der Waals surface area contributed by atoms with Crippen molar-refractivity contribution < 1.29 is 14.9 Å². The summed E-state index contributed by atoms with van der Waals surface area (Å²) >= 11 is 0. The molecule has 2 fully saturated rings. The SMILES string of the molecule is CC1=C[C@H](O)CC(C)(C)[C@H]1/C=C/C(C)=C/C=C/C(C)=C/C=C/C=C(C)\C=C\C=C(C)/C=C/C12OC1(C)C[C@H](O)CC2(C)C.